The van der Waals surface area contributed by atoms with E-state index in [1.807, 2.05) is 19.2 Å². The van der Waals surface area contributed by atoms with Crippen molar-refractivity contribution in [2.75, 3.05) is 23.6 Å². The number of thiazole rings is 1. The number of anilines is 2. The van der Waals surface area contributed by atoms with Crippen molar-refractivity contribution in [2.24, 2.45) is 0 Å². The summed E-state index contributed by atoms with van der Waals surface area (Å²) in [5.41, 5.74) is 5.18. The largest absolute Gasteiger partial charge is 0.365 e. The van der Waals surface area contributed by atoms with Gasteiger partial charge in [-0.15, -0.1) is 11.6 Å². The Kier molecular flexibility index (Phi) is 5.82. The van der Waals surface area contributed by atoms with E-state index in [0.717, 1.165) is 51.1 Å². The van der Waals surface area contributed by atoms with Crippen molar-refractivity contribution in [3.8, 4) is 27.5 Å². The first kappa shape index (κ1) is 21.5. The van der Waals surface area contributed by atoms with Crippen LogP contribution in [0.3, 0.4) is 0 Å². The van der Waals surface area contributed by atoms with Crippen LogP contribution in [0.5, 0.6) is 0 Å². The fourth-order valence-corrected chi connectivity index (χ4v) is 5.15. The number of amides is 1. The lowest BCUT2D eigenvalue weighted by molar-refractivity contribution is -0.115. The smallest absolute Gasteiger partial charge is 0.225 e. The summed E-state index contributed by atoms with van der Waals surface area (Å²) in [4.78, 5) is 21.7. The highest BCUT2D eigenvalue weighted by atomic mass is 35.5. The second kappa shape index (κ2) is 8.92. The van der Waals surface area contributed by atoms with Crippen LogP contribution in [0.4, 0.5) is 15.2 Å². The Hall–Kier alpha value is -3.30. The molecule has 3 heterocycles. The van der Waals surface area contributed by atoms with Gasteiger partial charge >= 0.3 is 0 Å². The zero-order chi connectivity index (χ0) is 22.9. The molecule has 4 aromatic rings. The molecular weight excluding hydrogens is 463 g/mol. The van der Waals surface area contributed by atoms with E-state index in [-0.39, 0.29) is 18.2 Å². The van der Waals surface area contributed by atoms with E-state index in [0.29, 0.717) is 11.4 Å². The lowest BCUT2D eigenvalue weighted by atomic mass is 9.95. The number of carbonyl (C=O) groups is 1. The number of aryl methyl sites for hydroxylation is 1. The molecule has 0 aliphatic heterocycles. The maximum Gasteiger partial charge on any atom is 0.225 e. The first-order valence-electron chi connectivity index (χ1n) is 10.4. The Morgan fingerprint density at radius 1 is 1.30 bits per heavy atom. The highest BCUT2D eigenvalue weighted by Gasteiger charge is 2.30. The van der Waals surface area contributed by atoms with Gasteiger partial charge in [0.2, 0.25) is 5.91 Å². The number of nitrogens with one attached hydrogen (secondary N) is 2. The number of fused-ring (bicyclic) bond motifs is 3. The molecule has 0 fully saturated rings. The summed E-state index contributed by atoms with van der Waals surface area (Å²) >= 11 is 7.14. The fraction of sp³-hybridized carbons (Fsp3) is 0.217. The predicted octanol–water partition coefficient (Wildman–Crippen LogP) is 4.90. The molecule has 1 amide bonds. The van der Waals surface area contributed by atoms with Gasteiger partial charge < -0.3 is 10.6 Å². The van der Waals surface area contributed by atoms with Gasteiger partial charge in [-0.25, -0.2) is 14.1 Å². The summed E-state index contributed by atoms with van der Waals surface area (Å²) < 4.78 is 17.0. The molecule has 5 rings (SSSR count). The van der Waals surface area contributed by atoms with Crippen LogP contribution in [0.1, 0.15) is 17.7 Å². The molecule has 33 heavy (non-hydrogen) atoms. The van der Waals surface area contributed by atoms with Gasteiger partial charge in [-0.05, 0) is 43.2 Å². The Balaban J connectivity index is 1.65. The summed E-state index contributed by atoms with van der Waals surface area (Å²) in [7, 11) is 1.83. The van der Waals surface area contributed by atoms with E-state index >= 15 is 4.39 Å². The molecule has 0 spiro atoms. The maximum atomic E-state index is 15.3. The summed E-state index contributed by atoms with van der Waals surface area (Å²) in [5.74, 6) is -0.553. The van der Waals surface area contributed by atoms with E-state index in [4.69, 9.17) is 16.7 Å². The average molecular weight is 483 g/mol. The van der Waals surface area contributed by atoms with Crippen molar-refractivity contribution in [3.05, 3.63) is 59.8 Å². The van der Waals surface area contributed by atoms with Crippen LogP contribution >= 0.6 is 22.9 Å². The average Bonchev–Trinajstić information content (AvgIpc) is 3.41. The molecule has 1 aliphatic carbocycles. The van der Waals surface area contributed by atoms with E-state index in [9.17, 15) is 4.79 Å². The molecule has 0 saturated heterocycles. The standard InChI is InChI=1S/C23H20ClFN6OS/c1-26-23-29-17-6-5-15-20(13-3-2-10-27-12-13)30-31(21(15)22(17)33-23)18-7-4-14(11-16(18)25)28-19(32)8-9-24/h2-4,7,10-12H,5-6,8-9H2,1H3,(H,26,29)(H,28,32). The Morgan fingerprint density at radius 3 is 2.91 bits per heavy atom. The van der Waals surface area contributed by atoms with Gasteiger partial charge in [-0.3, -0.25) is 9.78 Å². The van der Waals surface area contributed by atoms with Crippen molar-refractivity contribution in [2.45, 2.75) is 19.3 Å². The lowest BCUT2D eigenvalue weighted by Gasteiger charge is -2.15. The zero-order valence-electron chi connectivity index (χ0n) is 17.7. The van der Waals surface area contributed by atoms with Crippen molar-refractivity contribution < 1.29 is 9.18 Å². The van der Waals surface area contributed by atoms with Crippen LogP contribution in [0.2, 0.25) is 0 Å². The van der Waals surface area contributed by atoms with Gasteiger partial charge in [0.1, 0.15) is 5.69 Å². The van der Waals surface area contributed by atoms with Crippen LogP contribution in [-0.2, 0) is 17.6 Å². The van der Waals surface area contributed by atoms with Crippen molar-refractivity contribution in [3.63, 3.8) is 0 Å². The van der Waals surface area contributed by atoms with Gasteiger partial charge in [0.05, 0.1) is 22.0 Å². The summed E-state index contributed by atoms with van der Waals surface area (Å²) in [5, 5.41) is 11.4. The van der Waals surface area contributed by atoms with E-state index < -0.39 is 5.82 Å². The number of pyridine rings is 1. The SMILES string of the molecule is CNc1nc2c(s1)-c1c(c(-c3cccnc3)nn1-c1ccc(NC(=O)CCCl)cc1F)CC2. The third kappa shape index (κ3) is 3.98. The first-order chi connectivity index (χ1) is 16.1. The Bertz CT molecular complexity index is 1340. The van der Waals surface area contributed by atoms with Crippen molar-refractivity contribution in [1.29, 1.82) is 0 Å². The van der Waals surface area contributed by atoms with Gasteiger partial charge in [0.15, 0.2) is 10.9 Å². The van der Waals surface area contributed by atoms with Crippen LogP contribution in [-0.4, -0.2) is 38.6 Å². The Labute approximate surface area is 198 Å². The zero-order valence-corrected chi connectivity index (χ0v) is 19.3. The summed E-state index contributed by atoms with van der Waals surface area (Å²) in [6.07, 6.45) is 5.17. The minimum Gasteiger partial charge on any atom is -0.365 e. The highest BCUT2D eigenvalue weighted by molar-refractivity contribution is 7.19. The number of benzene rings is 1. The molecule has 3 aromatic heterocycles. The number of halogens is 2. The van der Waals surface area contributed by atoms with Gasteiger partial charge in [-0.1, -0.05) is 11.3 Å². The minimum atomic E-state index is -0.493. The molecular formula is C23H20ClFN6OS. The summed E-state index contributed by atoms with van der Waals surface area (Å²) in [6.45, 7) is 0. The molecule has 168 valence electrons. The molecule has 10 heteroatoms. The highest BCUT2D eigenvalue weighted by Crippen LogP contribution is 2.44. The van der Waals surface area contributed by atoms with E-state index in [1.165, 1.54) is 17.4 Å². The van der Waals surface area contributed by atoms with Gasteiger partial charge in [-0.2, -0.15) is 5.10 Å². The molecule has 1 aromatic carbocycles. The molecule has 1 aliphatic rings. The molecule has 2 N–H and O–H groups in total. The number of alkyl halides is 1. The van der Waals surface area contributed by atoms with Crippen LogP contribution in [0.25, 0.3) is 27.5 Å². The monoisotopic (exact) mass is 482 g/mol. The third-order valence-electron chi connectivity index (χ3n) is 5.44. The second-order valence-electron chi connectivity index (χ2n) is 7.53. The quantitative estimate of drug-likeness (QED) is 0.382. The number of rotatable bonds is 6. The minimum absolute atomic E-state index is 0.161. The predicted molar refractivity (Wildman–Crippen MR) is 129 cm³/mol. The van der Waals surface area contributed by atoms with Crippen molar-refractivity contribution in [1.82, 2.24) is 19.7 Å². The number of hydrogen-bond acceptors (Lipinski definition) is 6. The Morgan fingerprint density at radius 2 is 2.18 bits per heavy atom. The lowest BCUT2D eigenvalue weighted by Crippen LogP contribution is -2.12. The number of aromatic nitrogens is 4. The molecule has 0 radical (unpaired) electrons. The number of nitrogens with zero attached hydrogens (tertiary/aromatic N) is 4. The fourth-order valence-electron chi connectivity index (χ4n) is 3.95. The molecule has 0 unspecified atom stereocenters. The van der Waals surface area contributed by atoms with Gasteiger partial charge in [0, 0.05) is 48.6 Å². The van der Waals surface area contributed by atoms with E-state index in [2.05, 4.69) is 20.6 Å². The van der Waals surface area contributed by atoms with Crippen molar-refractivity contribution >= 4 is 39.7 Å². The molecule has 7 nitrogen and oxygen atoms in total. The van der Waals surface area contributed by atoms with Gasteiger partial charge in [0.25, 0.3) is 0 Å². The van der Waals surface area contributed by atoms with Crippen LogP contribution < -0.4 is 10.6 Å². The third-order valence-corrected chi connectivity index (χ3v) is 6.75. The molecule has 0 atom stereocenters. The maximum absolute atomic E-state index is 15.3. The van der Waals surface area contributed by atoms with E-state index in [1.54, 1.807) is 29.2 Å². The molecule has 0 saturated carbocycles. The second-order valence-corrected chi connectivity index (χ2v) is 8.90. The molecule has 0 bridgehead atoms. The van der Waals surface area contributed by atoms with Crippen LogP contribution in [0, 0.1) is 5.82 Å². The van der Waals surface area contributed by atoms with Crippen LogP contribution in [0.15, 0.2) is 42.7 Å². The summed E-state index contributed by atoms with van der Waals surface area (Å²) in [6, 6.07) is 8.40. The first-order valence-corrected chi connectivity index (χ1v) is 11.8. The topological polar surface area (TPSA) is 84.7 Å². The normalized spacial score (nSPS) is 12.2. The number of hydrogen-bond donors (Lipinski definition) is 2. The number of carbonyl (C=O) groups excluding carboxylic acids is 1.